The summed E-state index contributed by atoms with van der Waals surface area (Å²) in [6.45, 7) is 4.98. The monoisotopic (exact) mass is 438 g/mol. The summed E-state index contributed by atoms with van der Waals surface area (Å²) in [5, 5.41) is 4.49. The molecule has 2 aromatic rings. The molecule has 156 valence electrons. The highest BCUT2D eigenvalue weighted by Gasteiger charge is 2.59. The number of benzene rings is 1. The molecule has 0 saturated carbocycles. The van der Waals surface area contributed by atoms with E-state index in [1.165, 1.54) is 4.31 Å². The molecule has 4 rings (SSSR count). The molecule has 2 aliphatic heterocycles. The maximum atomic E-state index is 12.7. The van der Waals surface area contributed by atoms with Crippen molar-refractivity contribution in [3.05, 3.63) is 46.6 Å². The van der Waals surface area contributed by atoms with Crippen molar-refractivity contribution in [3.8, 4) is 0 Å². The first-order valence-electron chi connectivity index (χ1n) is 9.53. The van der Waals surface area contributed by atoms with Crippen LogP contribution < -0.4 is 0 Å². The van der Waals surface area contributed by atoms with E-state index >= 15 is 0 Å². The van der Waals surface area contributed by atoms with Crippen molar-refractivity contribution in [2.75, 3.05) is 31.9 Å². The SMILES string of the molecule is CCS(=O)(=O)N1CC(c2nc(C)no2)C2(CN(C(=O)Cc3ccc(Cl)cc3)C2)C1. The topological polar surface area (TPSA) is 96.6 Å². The van der Waals surface area contributed by atoms with Gasteiger partial charge in [-0.25, -0.2) is 12.7 Å². The number of carbonyl (C=O) groups is 1. The van der Waals surface area contributed by atoms with Gasteiger partial charge in [-0.1, -0.05) is 28.9 Å². The molecule has 8 nitrogen and oxygen atoms in total. The number of rotatable bonds is 5. The highest BCUT2D eigenvalue weighted by atomic mass is 35.5. The Morgan fingerprint density at radius 1 is 1.28 bits per heavy atom. The molecule has 1 aromatic carbocycles. The Hall–Kier alpha value is -1.97. The number of aryl methyl sites for hydroxylation is 1. The summed E-state index contributed by atoms with van der Waals surface area (Å²) < 4.78 is 31.8. The molecule has 0 N–H and O–H groups in total. The highest BCUT2D eigenvalue weighted by Crippen LogP contribution is 2.49. The predicted molar refractivity (Wildman–Crippen MR) is 107 cm³/mol. The van der Waals surface area contributed by atoms with Crippen LogP contribution in [0, 0.1) is 12.3 Å². The van der Waals surface area contributed by atoms with E-state index < -0.39 is 15.4 Å². The quantitative estimate of drug-likeness (QED) is 0.706. The van der Waals surface area contributed by atoms with Crippen molar-refractivity contribution < 1.29 is 17.7 Å². The number of hydrogen-bond donors (Lipinski definition) is 0. The van der Waals surface area contributed by atoms with Crippen LogP contribution in [0.4, 0.5) is 0 Å². The molecule has 29 heavy (non-hydrogen) atoms. The second-order valence-corrected chi connectivity index (χ2v) is 10.5. The summed E-state index contributed by atoms with van der Waals surface area (Å²) in [5.74, 6) is 0.792. The predicted octanol–water partition coefficient (Wildman–Crippen LogP) is 1.85. The van der Waals surface area contributed by atoms with Gasteiger partial charge in [0.05, 0.1) is 18.1 Å². The lowest BCUT2D eigenvalue weighted by atomic mass is 9.71. The molecule has 2 aliphatic rings. The Bertz CT molecular complexity index is 1020. The van der Waals surface area contributed by atoms with Crippen LogP contribution in [0.1, 0.15) is 30.1 Å². The van der Waals surface area contributed by atoms with Gasteiger partial charge in [0.2, 0.25) is 21.8 Å². The number of nitrogens with zero attached hydrogens (tertiary/aromatic N) is 4. The van der Waals surface area contributed by atoms with E-state index in [0.717, 1.165) is 5.56 Å². The van der Waals surface area contributed by atoms with E-state index in [1.54, 1.807) is 30.9 Å². The van der Waals surface area contributed by atoms with E-state index in [1.807, 2.05) is 12.1 Å². The van der Waals surface area contributed by atoms with Gasteiger partial charge in [0, 0.05) is 36.6 Å². The van der Waals surface area contributed by atoms with Crippen LogP contribution in [-0.2, 0) is 21.2 Å². The Morgan fingerprint density at radius 3 is 2.55 bits per heavy atom. The first kappa shape index (κ1) is 20.3. The normalized spacial score (nSPS) is 21.5. The fraction of sp³-hybridized carbons (Fsp3) is 0.526. The molecule has 2 fully saturated rings. The lowest BCUT2D eigenvalue weighted by molar-refractivity contribution is -0.142. The van der Waals surface area contributed by atoms with Crippen molar-refractivity contribution in [1.82, 2.24) is 19.3 Å². The zero-order chi connectivity index (χ0) is 20.8. The second kappa shape index (κ2) is 7.37. The fourth-order valence-electron chi connectivity index (χ4n) is 4.21. The van der Waals surface area contributed by atoms with Gasteiger partial charge >= 0.3 is 0 Å². The Labute approximate surface area is 174 Å². The summed E-state index contributed by atoms with van der Waals surface area (Å²) in [6, 6.07) is 7.20. The van der Waals surface area contributed by atoms with Gasteiger partial charge in [-0.05, 0) is 31.5 Å². The van der Waals surface area contributed by atoms with Crippen LogP contribution in [0.3, 0.4) is 0 Å². The molecule has 1 amide bonds. The second-order valence-electron chi connectivity index (χ2n) is 7.84. The lowest BCUT2D eigenvalue weighted by Gasteiger charge is -2.50. The molecule has 10 heteroatoms. The van der Waals surface area contributed by atoms with Gasteiger partial charge in [-0.3, -0.25) is 4.79 Å². The maximum absolute atomic E-state index is 12.7. The van der Waals surface area contributed by atoms with Gasteiger partial charge in [0.1, 0.15) is 0 Å². The molecule has 1 spiro atoms. The number of carbonyl (C=O) groups excluding carboxylic acids is 1. The third-order valence-corrected chi connectivity index (χ3v) is 7.90. The highest BCUT2D eigenvalue weighted by molar-refractivity contribution is 7.89. The third-order valence-electron chi connectivity index (χ3n) is 5.85. The number of hydrogen-bond acceptors (Lipinski definition) is 6. The molecule has 3 heterocycles. The van der Waals surface area contributed by atoms with Gasteiger partial charge in [0.25, 0.3) is 0 Å². The minimum Gasteiger partial charge on any atom is -0.341 e. The fourth-order valence-corrected chi connectivity index (χ4v) is 5.53. The smallest absolute Gasteiger partial charge is 0.231 e. The molecule has 2 saturated heterocycles. The van der Waals surface area contributed by atoms with Gasteiger partial charge < -0.3 is 9.42 Å². The molecule has 0 radical (unpaired) electrons. The van der Waals surface area contributed by atoms with Crippen LogP contribution in [0.2, 0.25) is 5.02 Å². The van der Waals surface area contributed by atoms with Crippen molar-refractivity contribution in [1.29, 1.82) is 0 Å². The number of likely N-dealkylation sites (tertiary alicyclic amines) is 1. The number of amides is 1. The molecular formula is C19H23ClN4O4S. The lowest BCUT2D eigenvalue weighted by Crippen LogP contribution is -2.62. The molecular weight excluding hydrogens is 416 g/mol. The first-order chi connectivity index (χ1) is 13.7. The summed E-state index contributed by atoms with van der Waals surface area (Å²) in [7, 11) is -3.34. The van der Waals surface area contributed by atoms with Crippen LogP contribution in [0.5, 0.6) is 0 Å². The summed E-state index contributed by atoms with van der Waals surface area (Å²) in [5.41, 5.74) is 0.502. The first-order valence-corrected chi connectivity index (χ1v) is 11.5. The van der Waals surface area contributed by atoms with Gasteiger partial charge in [-0.15, -0.1) is 0 Å². The third kappa shape index (κ3) is 3.78. The van der Waals surface area contributed by atoms with E-state index in [9.17, 15) is 13.2 Å². The van der Waals surface area contributed by atoms with Crippen LogP contribution in [0.25, 0.3) is 0 Å². The summed E-state index contributed by atoms with van der Waals surface area (Å²) >= 11 is 5.90. The zero-order valence-corrected chi connectivity index (χ0v) is 17.9. The van der Waals surface area contributed by atoms with Crippen LogP contribution in [-0.4, -0.2) is 65.6 Å². The summed E-state index contributed by atoms with van der Waals surface area (Å²) in [4.78, 5) is 18.8. The summed E-state index contributed by atoms with van der Waals surface area (Å²) in [6.07, 6.45) is 0.286. The van der Waals surface area contributed by atoms with Crippen molar-refractivity contribution in [2.45, 2.75) is 26.2 Å². The minimum absolute atomic E-state index is 0.00945. The molecule has 0 aliphatic carbocycles. The molecule has 0 bridgehead atoms. The zero-order valence-electron chi connectivity index (χ0n) is 16.3. The largest absolute Gasteiger partial charge is 0.341 e. The van der Waals surface area contributed by atoms with E-state index in [2.05, 4.69) is 10.1 Å². The molecule has 1 unspecified atom stereocenters. The number of sulfonamides is 1. The van der Waals surface area contributed by atoms with Crippen LogP contribution >= 0.6 is 11.6 Å². The van der Waals surface area contributed by atoms with E-state index in [-0.39, 0.29) is 24.0 Å². The van der Waals surface area contributed by atoms with Gasteiger partial charge in [-0.2, -0.15) is 4.98 Å². The average Bonchev–Trinajstić information content (AvgIpc) is 3.26. The Balaban J connectivity index is 1.51. The Kier molecular flexibility index (Phi) is 5.16. The maximum Gasteiger partial charge on any atom is 0.231 e. The average molecular weight is 439 g/mol. The Morgan fingerprint density at radius 2 is 1.97 bits per heavy atom. The van der Waals surface area contributed by atoms with Crippen molar-refractivity contribution in [3.63, 3.8) is 0 Å². The number of aromatic nitrogens is 2. The van der Waals surface area contributed by atoms with E-state index in [0.29, 0.717) is 42.9 Å². The van der Waals surface area contributed by atoms with Gasteiger partial charge in [0.15, 0.2) is 5.82 Å². The van der Waals surface area contributed by atoms with E-state index in [4.69, 9.17) is 16.1 Å². The van der Waals surface area contributed by atoms with Crippen molar-refractivity contribution in [2.24, 2.45) is 5.41 Å². The number of halogens is 1. The van der Waals surface area contributed by atoms with Crippen molar-refractivity contribution >= 4 is 27.5 Å². The standard InChI is InChI=1S/C19H23ClN4O4S/c1-3-29(26,27)24-9-16(18-21-13(2)22-28-18)19(12-24)10-23(11-19)17(25)8-14-4-6-15(20)7-5-14/h4-7,16H,3,8-12H2,1-2H3. The molecule has 1 atom stereocenters. The van der Waals surface area contributed by atoms with Crippen LogP contribution in [0.15, 0.2) is 28.8 Å². The molecule has 1 aromatic heterocycles. The minimum atomic E-state index is -3.34.